The first-order chi connectivity index (χ1) is 10.3. The zero-order valence-corrected chi connectivity index (χ0v) is 12.0. The topological polar surface area (TPSA) is 17.1 Å². The van der Waals surface area contributed by atoms with Crippen molar-refractivity contribution >= 4 is 11.4 Å². The molecular formula is C20H18O. The summed E-state index contributed by atoms with van der Waals surface area (Å²) in [5.74, 6) is 0.784. The van der Waals surface area contributed by atoms with Crippen LogP contribution in [0.1, 0.15) is 40.7 Å². The number of carbonyl (C=O) groups is 1. The summed E-state index contributed by atoms with van der Waals surface area (Å²) in [5, 5.41) is 0. The van der Waals surface area contributed by atoms with Crippen molar-refractivity contribution in [2.45, 2.75) is 25.7 Å². The first-order valence-electron chi connectivity index (χ1n) is 7.75. The molecular weight excluding hydrogens is 256 g/mol. The molecule has 0 heterocycles. The summed E-state index contributed by atoms with van der Waals surface area (Å²) in [6, 6.07) is 18.1. The molecule has 0 amide bonds. The van der Waals surface area contributed by atoms with E-state index in [0.29, 0.717) is 5.92 Å². The molecule has 4 rings (SSSR count). The zero-order chi connectivity index (χ0) is 14.2. The van der Waals surface area contributed by atoms with E-state index < -0.39 is 0 Å². The molecule has 104 valence electrons. The summed E-state index contributed by atoms with van der Waals surface area (Å²) in [5.41, 5.74) is 5.71. The molecule has 1 nitrogen and oxygen atoms in total. The van der Waals surface area contributed by atoms with Crippen molar-refractivity contribution in [3.8, 4) is 0 Å². The normalized spacial score (nSPS) is 20.1. The molecule has 1 atom stereocenters. The number of fused-ring (bicyclic) bond motifs is 2. The smallest absolute Gasteiger partial charge is 0.193 e. The van der Waals surface area contributed by atoms with Gasteiger partial charge in [-0.1, -0.05) is 60.2 Å². The Bertz CT molecular complexity index is 725. The van der Waals surface area contributed by atoms with Gasteiger partial charge in [0.1, 0.15) is 0 Å². The van der Waals surface area contributed by atoms with Crippen LogP contribution in [-0.4, -0.2) is 5.78 Å². The molecule has 2 aliphatic rings. The predicted molar refractivity (Wildman–Crippen MR) is 85.2 cm³/mol. The predicted octanol–water partition coefficient (Wildman–Crippen LogP) is 4.68. The van der Waals surface area contributed by atoms with E-state index in [9.17, 15) is 4.79 Å². The number of benzene rings is 2. The number of hydrogen-bond donors (Lipinski definition) is 0. The second kappa shape index (κ2) is 5.00. The molecule has 0 N–H and O–H groups in total. The highest BCUT2D eigenvalue weighted by molar-refractivity contribution is 6.30. The average molecular weight is 274 g/mol. The first-order valence-corrected chi connectivity index (χ1v) is 7.75. The molecule has 0 bridgehead atoms. The molecule has 0 saturated heterocycles. The van der Waals surface area contributed by atoms with Gasteiger partial charge in [0.25, 0.3) is 0 Å². The summed E-state index contributed by atoms with van der Waals surface area (Å²) in [6.45, 7) is 0. The minimum Gasteiger partial charge on any atom is -0.289 e. The highest BCUT2D eigenvalue weighted by atomic mass is 16.1. The molecule has 1 unspecified atom stereocenters. The SMILES string of the molecule is O=C(C1=C2CCCC2Cc2ccccc21)c1ccccc1. The molecule has 21 heavy (non-hydrogen) atoms. The van der Waals surface area contributed by atoms with Crippen LogP contribution >= 0.6 is 0 Å². The summed E-state index contributed by atoms with van der Waals surface area (Å²) < 4.78 is 0. The highest BCUT2D eigenvalue weighted by Gasteiger charge is 2.33. The number of carbonyl (C=O) groups excluding carboxylic acids is 1. The minimum absolute atomic E-state index is 0.199. The van der Waals surface area contributed by atoms with Crippen LogP contribution in [0.2, 0.25) is 0 Å². The average Bonchev–Trinajstić information content (AvgIpc) is 3.00. The third-order valence-electron chi connectivity index (χ3n) is 4.83. The fourth-order valence-electron chi connectivity index (χ4n) is 3.85. The molecule has 2 aromatic rings. The lowest BCUT2D eigenvalue weighted by molar-refractivity contribution is 0.105. The van der Waals surface area contributed by atoms with Gasteiger partial charge in [-0.3, -0.25) is 4.79 Å². The van der Waals surface area contributed by atoms with E-state index >= 15 is 0 Å². The van der Waals surface area contributed by atoms with Crippen LogP contribution in [0.3, 0.4) is 0 Å². The van der Waals surface area contributed by atoms with Crippen molar-refractivity contribution in [2.24, 2.45) is 5.92 Å². The Morgan fingerprint density at radius 1 is 0.952 bits per heavy atom. The molecule has 0 spiro atoms. The maximum absolute atomic E-state index is 13.0. The number of rotatable bonds is 2. The fraction of sp³-hybridized carbons (Fsp3) is 0.250. The molecule has 1 fully saturated rings. The monoisotopic (exact) mass is 274 g/mol. The second-order valence-electron chi connectivity index (χ2n) is 6.05. The van der Waals surface area contributed by atoms with Gasteiger partial charge >= 0.3 is 0 Å². The molecule has 2 aliphatic carbocycles. The van der Waals surface area contributed by atoms with E-state index in [-0.39, 0.29) is 5.78 Å². The highest BCUT2D eigenvalue weighted by Crippen LogP contribution is 2.44. The Kier molecular flexibility index (Phi) is 2.99. The number of hydrogen-bond acceptors (Lipinski definition) is 1. The van der Waals surface area contributed by atoms with Crippen LogP contribution in [0.4, 0.5) is 0 Å². The van der Waals surface area contributed by atoms with E-state index in [0.717, 1.165) is 24.0 Å². The lowest BCUT2D eigenvalue weighted by Gasteiger charge is -2.25. The van der Waals surface area contributed by atoms with Gasteiger partial charge in [0.15, 0.2) is 5.78 Å². The summed E-state index contributed by atoms with van der Waals surface area (Å²) in [7, 11) is 0. The first kappa shape index (κ1) is 12.6. The van der Waals surface area contributed by atoms with Gasteiger partial charge < -0.3 is 0 Å². The van der Waals surface area contributed by atoms with Crippen LogP contribution in [0.5, 0.6) is 0 Å². The largest absolute Gasteiger partial charge is 0.289 e. The Morgan fingerprint density at radius 2 is 1.71 bits per heavy atom. The number of ketones is 1. The quantitative estimate of drug-likeness (QED) is 0.727. The third-order valence-corrected chi connectivity index (χ3v) is 4.83. The molecule has 0 aromatic heterocycles. The second-order valence-corrected chi connectivity index (χ2v) is 6.05. The Hall–Kier alpha value is -2.15. The summed E-state index contributed by atoms with van der Waals surface area (Å²) >= 11 is 0. The van der Waals surface area contributed by atoms with Crippen molar-refractivity contribution < 1.29 is 4.79 Å². The summed E-state index contributed by atoms with van der Waals surface area (Å²) in [6.07, 6.45) is 4.65. The Balaban J connectivity index is 1.89. The van der Waals surface area contributed by atoms with Crippen LogP contribution in [0, 0.1) is 5.92 Å². The van der Waals surface area contributed by atoms with Crippen LogP contribution < -0.4 is 0 Å². The van der Waals surface area contributed by atoms with Gasteiger partial charge in [-0.15, -0.1) is 0 Å². The Labute approximate surface area is 125 Å². The number of allylic oxidation sites excluding steroid dienone is 2. The van der Waals surface area contributed by atoms with E-state index in [4.69, 9.17) is 0 Å². The fourth-order valence-corrected chi connectivity index (χ4v) is 3.85. The zero-order valence-electron chi connectivity index (χ0n) is 12.0. The van der Waals surface area contributed by atoms with Crippen LogP contribution in [-0.2, 0) is 6.42 Å². The molecule has 0 aliphatic heterocycles. The van der Waals surface area contributed by atoms with E-state index in [2.05, 4.69) is 18.2 Å². The third kappa shape index (κ3) is 2.04. The Morgan fingerprint density at radius 3 is 2.57 bits per heavy atom. The standard InChI is InChI=1S/C20H18O/c21-20(14-7-2-1-3-8-14)19-17-11-5-4-9-15(17)13-16-10-6-12-18(16)19/h1-5,7-9,11,16H,6,10,12-13H2. The van der Waals surface area contributed by atoms with Gasteiger partial charge in [0.2, 0.25) is 0 Å². The summed E-state index contributed by atoms with van der Waals surface area (Å²) in [4.78, 5) is 13.0. The van der Waals surface area contributed by atoms with Gasteiger partial charge in [-0.2, -0.15) is 0 Å². The molecule has 1 heteroatoms. The minimum atomic E-state index is 0.199. The van der Waals surface area contributed by atoms with Crippen molar-refractivity contribution in [3.05, 3.63) is 76.9 Å². The van der Waals surface area contributed by atoms with Crippen molar-refractivity contribution in [3.63, 3.8) is 0 Å². The van der Waals surface area contributed by atoms with Gasteiger partial charge in [-0.25, -0.2) is 0 Å². The van der Waals surface area contributed by atoms with Gasteiger partial charge in [0.05, 0.1) is 0 Å². The van der Waals surface area contributed by atoms with E-state index in [1.807, 2.05) is 36.4 Å². The number of Topliss-reactive ketones (excluding diaryl/α,β-unsaturated/α-hetero) is 1. The van der Waals surface area contributed by atoms with Crippen molar-refractivity contribution in [2.75, 3.05) is 0 Å². The van der Waals surface area contributed by atoms with Crippen molar-refractivity contribution in [1.82, 2.24) is 0 Å². The maximum Gasteiger partial charge on any atom is 0.193 e. The molecule has 2 aromatic carbocycles. The van der Waals surface area contributed by atoms with Gasteiger partial charge in [-0.05, 0) is 42.7 Å². The lowest BCUT2D eigenvalue weighted by Crippen LogP contribution is -2.17. The maximum atomic E-state index is 13.0. The van der Waals surface area contributed by atoms with Crippen molar-refractivity contribution in [1.29, 1.82) is 0 Å². The van der Waals surface area contributed by atoms with Crippen LogP contribution in [0.15, 0.2) is 60.2 Å². The molecule has 0 radical (unpaired) electrons. The van der Waals surface area contributed by atoms with Crippen LogP contribution in [0.25, 0.3) is 5.57 Å². The van der Waals surface area contributed by atoms with E-state index in [1.165, 1.54) is 29.5 Å². The van der Waals surface area contributed by atoms with E-state index in [1.54, 1.807) is 0 Å². The lowest BCUT2D eigenvalue weighted by atomic mass is 9.78. The molecule has 1 saturated carbocycles. The van der Waals surface area contributed by atoms with Gasteiger partial charge in [0, 0.05) is 11.1 Å².